The van der Waals surface area contributed by atoms with Gasteiger partial charge in [-0.1, -0.05) is 43.3 Å². The monoisotopic (exact) mass is 311 g/mol. The molecule has 2 atom stereocenters. The van der Waals surface area contributed by atoms with Gasteiger partial charge in [0.1, 0.15) is 0 Å². The summed E-state index contributed by atoms with van der Waals surface area (Å²) in [5, 5.41) is 3.10. The Bertz CT molecular complexity index is 684. The van der Waals surface area contributed by atoms with Crippen molar-refractivity contribution in [2.75, 3.05) is 6.79 Å². The van der Waals surface area contributed by atoms with Gasteiger partial charge in [-0.3, -0.25) is 4.79 Å². The molecule has 0 radical (unpaired) electrons. The number of rotatable bonds is 5. The van der Waals surface area contributed by atoms with Crippen LogP contribution in [-0.2, 0) is 4.79 Å². The first-order chi connectivity index (χ1) is 11.2. The summed E-state index contributed by atoms with van der Waals surface area (Å²) >= 11 is 0. The number of fused-ring (bicyclic) bond motifs is 1. The molecule has 0 saturated heterocycles. The van der Waals surface area contributed by atoms with Crippen molar-refractivity contribution in [1.29, 1.82) is 0 Å². The molecule has 0 spiro atoms. The van der Waals surface area contributed by atoms with Crippen LogP contribution in [0.5, 0.6) is 11.5 Å². The van der Waals surface area contributed by atoms with Crippen LogP contribution in [0.15, 0.2) is 48.5 Å². The molecule has 1 aliphatic heterocycles. The van der Waals surface area contributed by atoms with Gasteiger partial charge in [-0.25, -0.2) is 0 Å². The van der Waals surface area contributed by atoms with E-state index in [1.165, 1.54) is 0 Å². The number of benzene rings is 2. The van der Waals surface area contributed by atoms with Gasteiger partial charge in [0.05, 0.1) is 12.0 Å². The SMILES string of the molecule is CC[C@@H](C(=O)N[C@@H](C)c1ccc2c(c1)OCO2)c1ccccc1. The minimum atomic E-state index is -0.132. The summed E-state index contributed by atoms with van der Waals surface area (Å²) in [6.07, 6.45) is 0.768. The van der Waals surface area contributed by atoms with Crippen molar-refractivity contribution in [2.45, 2.75) is 32.2 Å². The van der Waals surface area contributed by atoms with Crippen molar-refractivity contribution in [3.8, 4) is 11.5 Å². The first-order valence-corrected chi connectivity index (χ1v) is 7.94. The van der Waals surface area contributed by atoms with Gasteiger partial charge in [0.25, 0.3) is 0 Å². The standard InChI is InChI=1S/C19H21NO3/c1-3-16(14-7-5-4-6-8-14)19(21)20-13(2)15-9-10-17-18(11-15)23-12-22-17/h4-11,13,16H,3,12H2,1-2H3,(H,20,21)/t13-,16+/m0/s1. The van der Waals surface area contributed by atoms with Crippen LogP contribution >= 0.6 is 0 Å². The van der Waals surface area contributed by atoms with E-state index in [1.807, 2.05) is 62.4 Å². The lowest BCUT2D eigenvalue weighted by atomic mass is 9.95. The van der Waals surface area contributed by atoms with Gasteiger partial charge in [-0.15, -0.1) is 0 Å². The fourth-order valence-corrected chi connectivity index (χ4v) is 2.84. The van der Waals surface area contributed by atoms with E-state index < -0.39 is 0 Å². The zero-order chi connectivity index (χ0) is 16.2. The zero-order valence-corrected chi connectivity index (χ0v) is 13.4. The number of nitrogens with one attached hydrogen (secondary N) is 1. The highest BCUT2D eigenvalue weighted by molar-refractivity contribution is 5.84. The fraction of sp³-hybridized carbons (Fsp3) is 0.316. The summed E-state index contributed by atoms with van der Waals surface area (Å²) in [7, 11) is 0. The third-order valence-electron chi connectivity index (χ3n) is 4.18. The Kier molecular flexibility index (Phi) is 4.51. The molecule has 0 aliphatic carbocycles. The van der Waals surface area contributed by atoms with Crippen LogP contribution in [0.3, 0.4) is 0 Å². The molecule has 2 aromatic carbocycles. The highest BCUT2D eigenvalue weighted by Crippen LogP contribution is 2.34. The summed E-state index contributed by atoms with van der Waals surface area (Å²) < 4.78 is 10.7. The van der Waals surface area contributed by atoms with Crippen LogP contribution in [0, 0.1) is 0 Å². The van der Waals surface area contributed by atoms with Crippen molar-refractivity contribution in [3.05, 3.63) is 59.7 Å². The lowest BCUT2D eigenvalue weighted by Gasteiger charge is -2.20. The highest BCUT2D eigenvalue weighted by Gasteiger charge is 2.22. The minimum absolute atomic E-state index is 0.0452. The summed E-state index contributed by atoms with van der Waals surface area (Å²) in [5.74, 6) is 1.40. The summed E-state index contributed by atoms with van der Waals surface area (Å²) in [5.41, 5.74) is 2.05. The normalized spacial score (nSPS) is 15.0. The van der Waals surface area contributed by atoms with Crippen molar-refractivity contribution in [2.24, 2.45) is 0 Å². The van der Waals surface area contributed by atoms with Gasteiger partial charge in [0, 0.05) is 0 Å². The predicted molar refractivity (Wildman–Crippen MR) is 88.6 cm³/mol. The Morgan fingerprint density at radius 2 is 1.83 bits per heavy atom. The smallest absolute Gasteiger partial charge is 0.231 e. The quantitative estimate of drug-likeness (QED) is 0.914. The van der Waals surface area contributed by atoms with E-state index in [0.29, 0.717) is 0 Å². The lowest BCUT2D eigenvalue weighted by molar-refractivity contribution is -0.123. The molecule has 4 heteroatoms. The van der Waals surface area contributed by atoms with E-state index in [1.54, 1.807) is 0 Å². The maximum Gasteiger partial charge on any atom is 0.231 e. The molecule has 0 unspecified atom stereocenters. The van der Waals surface area contributed by atoms with E-state index in [9.17, 15) is 4.79 Å². The Hall–Kier alpha value is -2.49. The number of carbonyl (C=O) groups is 1. The molecule has 3 rings (SSSR count). The number of ether oxygens (including phenoxy) is 2. The van der Waals surface area contributed by atoms with Crippen LogP contribution in [0.1, 0.15) is 43.4 Å². The average Bonchev–Trinajstić information content (AvgIpc) is 3.04. The van der Waals surface area contributed by atoms with Crippen molar-refractivity contribution < 1.29 is 14.3 Å². The number of amides is 1. The van der Waals surface area contributed by atoms with Crippen molar-refractivity contribution in [3.63, 3.8) is 0 Å². The minimum Gasteiger partial charge on any atom is -0.454 e. The first-order valence-electron chi connectivity index (χ1n) is 7.94. The third-order valence-corrected chi connectivity index (χ3v) is 4.18. The Morgan fingerprint density at radius 3 is 2.57 bits per heavy atom. The maximum atomic E-state index is 12.6. The third kappa shape index (κ3) is 3.31. The number of carbonyl (C=O) groups excluding carboxylic acids is 1. The largest absolute Gasteiger partial charge is 0.454 e. The molecule has 23 heavy (non-hydrogen) atoms. The van der Waals surface area contributed by atoms with Gasteiger partial charge in [0.2, 0.25) is 12.7 Å². The Labute approximate surface area is 136 Å². The molecular weight excluding hydrogens is 290 g/mol. The summed E-state index contributed by atoms with van der Waals surface area (Å²) in [6.45, 7) is 4.26. The molecule has 2 aromatic rings. The number of hydrogen-bond donors (Lipinski definition) is 1. The second-order valence-electron chi connectivity index (χ2n) is 5.71. The average molecular weight is 311 g/mol. The van der Waals surface area contributed by atoms with Crippen LogP contribution in [0.4, 0.5) is 0 Å². The molecule has 0 saturated carbocycles. The van der Waals surface area contributed by atoms with E-state index in [-0.39, 0.29) is 24.7 Å². The van der Waals surface area contributed by atoms with Gasteiger partial charge < -0.3 is 14.8 Å². The van der Waals surface area contributed by atoms with E-state index in [0.717, 1.165) is 29.0 Å². The summed E-state index contributed by atoms with van der Waals surface area (Å²) in [4.78, 5) is 12.6. The highest BCUT2D eigenvalue weighted by atomic mass is 16.7. The van der Waals surface area contributed by atoms with Crippen LogP contribution in [-0.4, -0.2) is 12.7 Å². The van der Waals surface area contributed by atoms with Crippen molar-refractivity contribution >= 4 is 5.91 Å². The van der Waals surface area contributed by atoms with E-state index in [4.69, 9.17) is 9.47 Å². The molecular formula is C19H21NO3. The number of hydrogen-bond acceptors (Lipinski definition) is 3. The zero-order valence-electron chi connectivity index (χ0n) is 13.4. The molecule has 1 heterocycles. The molecule has 0 aromatic heterocycles. The second kappa shape index (κ2) is 6.73. The van der Waals surface area contributed by atoms with Gasteiger partial charge >= 0.3 is 0 Å². The predicted octanol–water partition coefficient (Wildman–Crippen LogP) is 3.79. The van der Waals surface area contributed by atoms with Crippen LogP contribution in [0.25, 0.3) is 0 Å². The molecule has 0 bridgehead atoms. The Balaban J connectivity index is 1.71. The van der Waals surface area contributed by atoms with Crippen LogP contribution < -0.4 is 14.8 Å². The van der Waals surface area contributed by atoms with Gasteiger partial charge in [0.15, 0.2) is 11.5 Å². The Morgan fingerprint density at radius 1 is 1.09 bits per heavy atom. The molecule has 1 aliphatic rings. The van der Waals surface area contributed by atoms with Gasteiger partial charge in [-0.05, 0) is 36.6 Å². The lowest BCUT2D eigenvalue weighted by Crippen LogP contribution is -2.31. The van der Waals surface area contributed by atoms with Crippen LogP contribution in [0.2, 0.25) is 0 Å². The van der Waals surface area contributed by atoms with E-state index >= 15 is 0 Å². The topological polar surface area (TPSA) is 47.6 Å². The molecule has 120 valence electrons. The molecule has 0 fully saturated rings. The molecule has 1 N–H and O–H groups in total. The first kappa shape index (κ1) is 15.4. The summed E-state index contributed by atoms with van der Waals surface area (Å²) in [6, 6.07) is 15.6. The van der Waals surface area contributed by atoms with E-state index in [2.05, 4.69) is 5.32 Å². The van der Waals surface area contributed by atoms with Crippen molar-refractivity contribution in [1.82, 2.24) is 5.32 Å². The molecule has 1 amide bonds. The maximum absolute atomic E-state index is 12.6. The second-order valence-corrected chi connectivity index (χ2v) is 5.71. The van der Waals surface area contributed by atoms with Gasteiger partial charge in [-0.2, -0.15) is 0 Å². The molecule has 4 nitrogen and oxygen atoms in total. The fourth-order valence-electron chi connectivity index (χ4n) is 2.84.